The van der Waals surface area contributed by atoms with Crippen molar-refractivity contribution in [2.75, 3.05) is 0 Å². The molecular formula is C15H10N4O. The summed E-state index contributed by atoms with van der Waals surface area (Å²) in [6.45, 7) is 0. The summed E-state index contributed by atoms with van der Waals surface area (Å²) in [5.74, 6) is 0.428. The van der Waals surface area contributed by atoms with Gasteiger partial charge in [0.05, 0.1) is 0 Å². The standard InChI is InChI=1S/C15H10N4O/c20-13(15-18-9-4-10-19-15)11-5-1-2-6-12(11)14-16-7-3-8-17-14/h1-10H. The van der Waals surface area contributed by atoms with Crippen LogP contribution in [0.25, 0.3) is 11.4 Å². The van der Waals surface area contributed by atoms with E-state index in [0.717, 1.165) is 0 Å². The van der Waals surface area contributed by atoms with Gasteiger partial charge in [-0.15, -0.1) is 0 Å². The molecule has 1 aromatic carbocycles. The average Bonchev–Trinajstić information content (AvgIpc) is 2.56. The first-order chi connectivity index (χ1) is 9.86. The molecule has 96 valence electrons. The number of carbonyl (C=O) groups is 1. The molecule has 0 spiro atoms. The van der Waals surface area contributed by atoms with Gasteiger partial charge in [0.1, 0.15) is 0 Å². The predicted octanol–water partition coefficient (Wildman–Crippen LogP) is 2.16. The van der Waals surface area contributed by atoms with E-state index in [1.807, 2.05) is 12.1 Å². The molecule has 0 atom stereocenters. The van der Waals surface area contributed by atoms with Crippen molar-refractivity contribution < 1.29 is 4.79 Å². The molecule has 0 amide bonds. The molecular weight excluding hydrogens is 252 g/mol. The molecule has 3 aromatic rings. The van der Waals surface area contributed by atoms with E-state index < -0.39 is 0 Å². The predicted molar refractivity (Wildman–Crippen MR) is 72.9 cm³/mol. The Bertz CT molecular complexity index is 729. The normalized spacial score (nSPS) is 10.2. The van der Waals surface area contributed by atoms with Crippen molar-refractivity contribution in [2.45, 2.75) is 0 Å². The molecule has 0 saturated heterocycles. The molecule has 3 rings (SSSR count). The van der Waals surface area contributed by atoms with Crippen molar-refractivity contribution in [2.24, 2.45) is 0 Å². The van der Waals surface area contributed by atoms with Crippen LogP contribution in [0.3, 0.4) is 0 Å². The first-order valence-electron chi connectivity index (χ1n) is 6.04. The minimum Gasteiger partial charge on any atom is -0.285 e. The summed E-state index contributed by atoms with van der Waals surface area (Å²) in [5.41, 5.74) is 1.16. The van der Waals surface area contributed by atoms with Crippen molar-refractivity contribution in [3.05, 3.63) is 72.6 Å². The summed E-state index contributed by atoms with van der Waals surface area (Å²) >= 11 is 0. The second kappa shape index (κ2) is 5.36. The SMILES string of the molecule is O=C(c1ncccn1)c1ccccc1-c1ncccn1. The maximum absolute atomic E-state index is 12.5. The summed E-state index contributed by atoms with van der Waals surface area (Å²) in [5, 5.41) is 0. The minimum absolute atomic E-state index is 0.163. The molecule has 5 nitrogen and oxygen atoms in total. The van der Waals surface area contributed by atoms with E-state index in [9.17, 15) is 4.79 Å². The zero-order valence-electron chi connectivity index (χ0n) is 10.5. The Morgan fingerprint density at radius 2 is 1.35 bits per heavy atom. The lowest BCUT2D eigenvalue weighted by Crippen LogP contribution is -2.08. The first kappa shape index (κ1) is 12.1. The molecule has 20 heavy (non-hydrogen) atoms. The zero-order chi connectivity index (χ0) is 13.8. The lowest BCUT2D eigenvalue weighted by molar-refractivity contribution is 0.103. The van der Waals surface area contributed by atoms with E-state index in [2.05, 4.69) is 19.9 Å². The number of ketones is 1. The van der Waals surface area contributed by atoms with Crippen LogP contribution in [-0.4, -0.2) is 25.7 Å². The van der Waals surface area contributed by atoms with Gasteiger partial charge in [0.2, 0.25) is 11.6 Å². The Labute approximate surface area is 115 Å². The number of hydrogen-bond acceptors (Lipinski definition) is 5. The number of rotatable bonds is 3. The molecule has 2 heterocycles. The third-order valence-corrected chi connectivity index (χ3v) is 2.75. The number of aromatic nitrogens is 4. The number of hydrogen-bond donors (Lipinski definition) is 0. The maximum Gasteiger partial charge on any atom is 0.230 e. The van der Waals surface area contributed by atoms with Gasteiger partial charge >= 0.3 is 0 Å². The van der Waals surface area contributed by atoms with Gasteiger partial charge in [-0.25, -0.2) is 19.9 Å². The van der Waals surface area contributed by atoms with E-state index in [4.69, 9.17) is 0 Å². The summed E-state index contributed by atoms with van der Waals surface area (Å²) in [6.07, 6.45) is 6.37. The van der Waals surface area contributed by atoms with Crippen molar-refractivity contribution in [1.29, 1.82) is 0 Å². The van der Waals surface area contributed by atoms with Crippen molar-refractivity contribution >= 4 is 5.78 Å². The Balaban J connectivity index is 2.10. The van der Waals surface area contributed by atoms with E-state index in [-0.39, 0.29) is 11.6 Å². The average molecular weight is 262 g/mol. The molecule has 0 aliphatic heterocycles. The Morgan fingerprint density at radius 3 is 2.05 bits per heavy atom. The molecule has 0 aliphatic carbocycles. The summed E-state index contributed by atoms with van der Waals surface area (Å²) < 4.78 is 0. The maximum atomic E-state index is 12.5. The van der Waals surface area contributed by atoms with E-state index in [0.29, 0.717) is 17.0 Å². The lowest BCUT2D eigenvalue weighted by Gasteiger charge is -2.06. The van der Waals surface area contributed by atoms with E-state index >= 15 is 0 Å². The lowest BCUT2D eigenvalue weighted by atomic mass is 10.0. The van der Waals surface area contributed by atoms with Crippen LogP contribution in [0.1, 0.15) is 16.2 Å². The topological polar surface area (TPSA) is 68.6 Å². The Hall–Kier alpha value is -2.95. The summed E-state index contributed by atoms with van der Waals surface area (Å²) in [6, 6.07) is 10.6. The molecule has 2 aromatic heterocycles. The van der Waals surface area contributed by atoms with Crippen LogP contribution in [0.5, 0.6) is 0 Å². The highest BCUT2D eigenvalue weighted by atomic mass is 16.1. The fraction of sp³-hybridized carbons (Fsp3) is 0. The van der Waals surface area contributed by atoms with Gasteiger partial charge in [-0.2, -0.15) is 0 Å². The van der Waals surface area contributed by atoms with Crippen LogP contribution in [0.2, 0.25) is 0 Å². The van der Waals surface area contributed by atoms with Crippen LogP contribution in [0.4, 0.5) is 0 Å². The molecule has 0 fully saturated rings. The molecule has 0 N–H and O–H groups in total. The van der Waals surface area contributed by atoms with Crippen LogP contribution >= 0.6 is 0 Å². The zero-order valence-corrected chi connectivity index (χ0v) is 10.5. The highest BCUT2D eigenvalue weighted by Crippen LogP contribution is 2.21. The molecule has 0 radical (unpaired) electrons. The third kappa shape index (κ3) is 2.29. The number of benzene rings is 1. The van der Waals surface area contributed by atoms with Gasteiger partial charge < -0.3 is 0 Å². The van der Waals surface area contributed by atoms with Crippen LogP contribution in [0.15, 0.2) is 61.2 Å². The molecule has 0 unspecified atom stereocenters. The fourth-order valence-electron chi connectivity index (χ4n) is 1.85. The quantitative estimate of drug-likeness (QED) is 0.676. The Kier molecular flexibility index (Phi) is 3.24. The first-order valence-corrected chi connectivity index (χ1v) is 6.04. The van der Waals surface area contributed by atoms with E-state index in [1.54, 1.807) is 49.1 Å². The van der Waals surface area contributed by atoms with Crippen LogP contribution in [-0.2, 0) is 0 Å². The molecule has 0 saturated carbocycles. The van der Waals surface area contributed by atoms with E-state index in [1.165, 1.54) is 0 Å². The van der Waals surface area contributed by atoms with Crippen molar-refractivity contribution in [3.8, 4) is 11.4 Å². The highest BCUT2D eigenvalue weighted by Gasteiger charge is 2.17. The van der Waals surface area contributed by atoms with Gasteiger partial charge in [0.25, 0.3) is 0 Å². The number of carbonyl (C=O) groups excluding carboxylic acids is 1. The number of nitrogens with zero attached hydrogens (tertiary/aromatic N) is 4. The fourth-order valence-corrected chi connectivity index (χ4v) is 1.85. The largest absolute Gasteiger partial charge is 0.285 e. The minimum atomic E-state index is -0.242. The third-order valence-electron chi connectivity index (χ3n) is 2.75. The second-order valence-corrected chi connectivity index (χ2v) is 4.02. The monoisotopic (exact) mass is 262 g/mol. The van der Waals surface area contributed by atoms with Gasteiger partial charge in [-0.1, -0.05) is 24.3 Å². The second-order valence-electron chi connectivity index (χ2n) is 4.02. The smallest absolute Gasteiger partial charge is 0.230 e. The van der Waals surface area contributed by atoms with Gasteiger partial charge in [-0.05, 0) is 12.1 Å². The molecule has 0 aliphatic rings. The summed E-state index contributed by atoms with van der Waals surface area (Å²) in [4.78, 5) is 28.8. The Morgan fingerprint density at radius 1 is 0.750 bits per heavy atom. The molecule has 5 heteroatoms. The highest BCUT2D eigenvalue weighted by molar-refractivity contribution is 6.10. The van der Waals surface area contributed by atoms with Gasteiger partial charge in [0, 0.05) is 35.9 Å². The van der Waals surface area contributed by atoms with Gasteiger partial charge in [0.15, 0.2) is 5.82 Å². The van der Waals surface area contributed by atoms with Crippen LogP contribution < -0.4 is 0 Å². The van der Waals surface area contributed by atoms with Crippen molar-refractivity contribution in [1.82, 2.24) is 19.9 Å². The van der Waals surface area contributed by atoms with Crippen molar-refractivity contribution in [3.63, 3.8) is 0 Å². The van der Waals surface area contributed by atoms with Gasteiger partial charge in [-0.3, -0.25) is 4.79 Å². The molecule has 0 bridgehead atoms. The summed E-state index contributed by atoms with van der Waals surface area (Å²) in [7, 11) is 0. The van der Waals surface area contributed by atoms with Crippen LogP contribution in [0, 0.1) is 0 Å².